The van der Waals surface area contributed by atoms with Crippen molar-refractivity contribution in [2.24, 2.45) is 11.7 Å². The molecule has 0 radical (unpaired) electrons. The van der Waals surface area contributed by atoms with Crippen molar-refractivity contribution in [3.8, 4) is 0 Å². The van der Waals surface area contributed by atoms with Gasteiger partial charge >= 0.3 is 0 Å². The van der Waals surface area contributed by atoms with Crippen LogP contribution in [0.3, 0.4) is 0 Å². The molecule has 0 bridgehead atoms. The Morgan fingerprint density at radius 2 is 2.17 bits per heavy atom. The highest BCUT2D eigenvalue weighted by molar-refractivity contribution is 6.70. The zero-order chi connectivity index (χ0) is 13.2. The minimum absolute atomic E-state index is 0.532. The molecule has 2 heterocycles. The van der Waals surface area contributed by atoms with Gasteiger partial charge in [0.25, 0.3) is 0 Å². The Hall–Kier alpha value is -0.803. The van der Waals surface area contributed by atoms with E-state index in [1.54, 1.807) is 5.32 Å². The summed E-state index contributed by atoms with van der Waals surface area (Å²) in [6.07, 6.45) is 12.4. The normalized spacial score (nSPS) is 30.4. The molecule has 0 amide bonds. The van der Waals surface area contributed by atoms with Crippen molar-refractivity contribution in [2.75, 3.05) is 13.1 Å². The van der Waals surface area contributed by atoms with Crippen LogP contribution in [0.2, 0.25) is 11.1 Å². The summed E-state index contributed by atoms with van der Waals surface area (Å²) in [4.78, 5) is 2.40. The number of hydrogen-bond acceptors (Lipinski definition) is 2. The van der Waals surface area contributed by atoms with Crippen LogP contribution in [0.4, 0.5) is 0 Å². The minimum atomic E-state index is -0.919. The van der Waals surface area contributed by atoms with Crippen LogP contribution in [0.25, 0.3) is 0 Å². The largest absolute Gasteiger partial charge is 0.354 e. The summed E-state index contributed by atoms with van der Waals surface area (Å²) < 4.78 is 0. The molecule has 1 saturated heterocycles. The van der Waals surface area contributed by atoms with E-state index in [0.29, 0.717) is 5.04 Å². The highest BCUT2D eigenvalue weighted by Crippen LogP contribution is 2.49. The Labute approximate surface area is 113 Å². The fraction of sp³-hybridized carbons (Fsp3) is 0.600. The van der Waals surface area contributed by atoms with Crippen molar-refractivity contribution in [2.45, 2.75) is 38.3 Å². The number of allylic oxidation sites excluding steroid dienone is 4. The minimum Gasteiger partial charge on any atom is -0.354 e. The Morgan fingerprint density at radius 3 is 2.78 bits per heavy atom. The van der Waals surface area contributed by atoms with Gasteiger partial charge in [0.1, 0.15) is 0 Å². The van der Waals surface area contributed by atoms with Crippen LogP contribution in [0, 0.1) is 5.92 Å². The second-order valence-electron chi connectivity index (χ2n) is 6.39. The van der Waals surface area contributed by atoms with E-state index in [1.807, 2.05) is 0 Å². The van der Waals surface area contributed by atoms with Gasteiger partial charge in [-0.3, -0.25) is 0 Å². The zero-order valence-electron chi connectivity index (χ0n) is 11.9. The molecule has 3 heteroatoms. The maximum Gasteiger partial charge on any atom is 0.0975 e. The smallest absolute Gasteiger partial charge is 0.0975 e. The van der Waals surface area contributed by atoms with Crippen molar-refractivity contribution in [3.63, 3.8) is 0 Å². The summed E-state index contributed by atoms with van der Waals surface area (Å²) >= 11 is 0. The average molecular weight is 262 g/mol. The summed E-state index contributed by atoms with van der Waals surface area (Å²) in [5.41, 5.74) is 5.76. The molecular weight excluding hydrogens is 236 g/mol. The maximum atomic E-state index is 5.76. The van der Waals surface area contributed by atoms with Crippen LogP contribution in [-0.4, -0.2) is 26.8 Å². The Kier molecular flexibility index (Phi) is 4.13. The molecular formula is C15H26N2Si. The number of hydrogen-bond donors (Lipinski definition) is 1. The summed E-state index contributed by atoms with van der Waals surface area (Å²) in [7, 11) is -0.919. The standard InChI is InChI=1S/C15H26N2Si/c1-13-11-15(2,3)18(12-13)14-7-5-4-6-9-17(14)10-8-16/h4-7,9,13,18H,8,10-12,16H2,1-3H3. The third-order valence-corrected chi connectivity index (χ3v) is 8.91. The predicted molar refractivity (Wildman–Crippen MR) is 81.9 cm³/mol. The van der Waals surface area contributed by atoms with Crippen LogP contribution in [0.1, 0.15) is 27.2 Å². The molecule has 0 aromatic rings. The molecule has 2 atom stereocenters. The first kappa shape index (κ1) is 13.6. The molecule has 0 saturated carbocycles. The van der Waals surface area contributed by atoms with Crippen molar-refractivity contribution in [1.82, 2.24) is 4.90 Å². The summed E-state index contributed by atoms with van der Waals surface area (Å²) in [6, 6.07) is 1.43. The fourth-order valence-corrected chi connectivity index (χ4v) is 7.88. The van der Waals surface area contributed by atoms with Gasteiger partial charge in [-0.05, 0) is 34.8 Å². The molecule has 2 unspecified atom stereocenters. The molecule has 2 aliphatic rings. The summed E-state index contributed by atoms with van der Waals surface area (Å²) in [6.45, 7) is 9.00. The predicted octanol–water partition coefficient (Wildman–Crippen LogP) is 2.80. The lowest BCUT2D eigenvalue weighted by Crippen LogP contribution is -2.36. The van der Waals surface area contributed by atoms with Gasteiger partial charge in [-0.2, -0.15) is 0 Å². The van der Waals surface area contributed by atoms with Gasteiger partial charge in [0.05, 0.1) is 8.80 Å². The quantitative estimate of drug-likeness (QED) is 0.793. The van der Waals surface area contributed by atoms with Gasteiger partial charge in [-0.1, -0.05) is 39.0 Å². The fourth-order valence-electron chi connectivity index (χ4n) is 3.58. The molecule has 2 rings (SSSR count). The van der Waals surface area contributed by atoms with E-state index in [0.717, 1.165) is 19.0 Å². The van der Waals surface area contributed by atoms with Gasteiger partial charge in [0.15, 0.2) is 0 Å². The Balaban J connectivity index is 2.26. The Morgan fingerprint density at radius 1 is 1.39 bits per heavy atom. The molecule has 18 heavy (non-hydrogen) atoms. The lowest BCUT2D eigenvalue weighted by molar-refractivity contribution is 0.492. The van der Waals surface area contributed by atoms with Crippen LogP contribution < -0.4 is 5.73 Å². The van der Waals surface area contributed by atoms with Gasteiger partial charge in [0.2, 0.25) is 0 Å². The molecule has 0 aromatic heterocycles. The molecule has 0 aliphatic carbocycles. The number of nitrogens with two attached hydrogens (primary N) is 1. The van der Waals surface area contributed by atoms with Crippen molar-refractivity contribution >= 4 is 8.80 Å². The van der Waals surface area contributed by atoms with Crippen LogP contribution >= 0.6 is 0 Å². The third kappa shape index (κ3) is 2.78. The highest BCUT2D eigenvalue weighted by atomic mass is 28.3. The Bertz CT molecular complexity index is 382. The third-order valence-electron chi connectivity index (χ3n) is 4.27. The van der Waals surface area contributed by atoms with Crippen LogP contribution in [-0.2, 0) is 0 Å². The zero-order valence-corrected chi connectivity index (χ0v) is 13.0. The highest BCUT2D eigenvalue weighted by Gasteiger charge is 2.42. The van der Waals surface area contributed by atoms with Crippen molar-refractivity contribution in [1.29, 1.82) is 0 Å². The average Bonchev–Trinajstić information content (AvgIpc) is 2.49. The van der Waals surface area contributed by atoms with Crippen LogP contribution in [0.15, 0.2) is 35.8 Å². The number of nitrogens with zero attached hydrogens (tertiary/aromatic N) is 1. The van der Waals surface area contributed by atoms with E-state index >= 15 is 0 Å². The van der Waals surface area contributed by atoms with E-state index in [4.69, 9.17) is 5.73 Å². The molecule has 2 aliphatic heterocycles. The van der Waals surface area contributed by atoms with Gasteiger partial charge < -0.3 is 10.6 Å². The topological polar surface area (TPSA) is 29.3 Å². The second kappa shape index (κ2) is 5.45. The summed E-state index contributed by atoms with van der Waals surface area (Å²) in [5.74, 6) is 0.883. The first-order valence-electron chi connectivity index (χ1n) is 7.06. The van der Waals surface area contributed by atoms with Gasteiger partial charge in [0, 0.05) is 19.3 Å². The van der Waals surface area contributed by atoms with Crippen molar-refractivity contribution in [3.05, 3.63) is 35.8 Å². The number of rotatable bonds is 3. The summed E-state index contributed by atoms with van der Waals surface area (Å²) in [5, 5.41) is 2.12. The molecule has 0 aromatic carbocycles. The lowest BCUT2D eigenvalue weighted by atomic mass is 10.0. The first-order chi connectivity index (χ1) is 8.54. The molecule has 2 N–H and O–H groups in total. The SMILES string of the molecule is CC1C[SiH](C2=CC=CC=CN2CCN)C(C)(C)C1. The molecule has 1 fully saturated rings. The van der Waals surface area contributed by atoms with Gasteiger partial charge in [-0.25, -0.2) is 0 Å². The van der Waals surface area contributed by atoms with Crippen LogP contribution in [0.5, 0.6) is 0 Å². The van der Waals surface area contributed by atoms with E-state index in [1.165, 1.54) is 12.5 Å². The van der Waals surface area contributed by atoms with Crippen molar-refractivity contribution < 1.29 is 0 Å². The monoisotopic (exact) mass is 262 g/mol. The van der Waals surface area contributed by atoms with E-state index < -0.39 is 8.80 Å². The second-order valence-corrected chi connectivity index (χ2v) is 10.1. The van der Waals surface area contributed by atoms with E-state index in [2.05, 4.69) is 56.2 Å². The van der Waals surface area contributed by atoms with E-state index in [9.17, 15) is 0 Å². The molecule has 0 spiro atoms. The molecule has 100 valence electrons. The van der Waals surface area contributed by atoms with Gasteiger partial charge in [-0.15, -0.1) is 0 Å². The first-order valence-corrected chi connectivity index (χ1v) is 9.03. The van der Waals surface area contributed by atoms with E-state index in [-0.39, 0.29) is 0 Å². The lowest BCUT2D eigenvalue weighted by Gasteiger charge is -2.33. The maximum absolute atomic E-state index is 5.76. The molecule has 2 nitrogen and oxygen atoms in total.